The van der Waals surface area contributed by atoms with Crippen molar-refractivity contribution in [3.63, 3.8) is 0 Å². The molecule has 0 fully saturated rings. The van der Waals surface area contributed by atoms with Gasteiger partial charge in [0.2, 0.25) is 0 Å². The number of amides is 1. The van der Waals surface area contributed by atoms with Gasteiger partial charge in [-0.25, -0.2) is 15.8 Å². The van der Waals surface area contributed by atoms with Crippen LogP contribution < -0.4 is 16.6 Å². The minimum atomic E-state index is -0.333. The summed E-state index contributed by atoms with van der Waals surface area (Å²) in [5, 5.41) is 6.01. The number of anilines is 1. The Labute approximate surface area is 125 Å². The Morgan fingerprint density at radius 1 is 1.45 bits per heavy atom. The van der Waals surface area contributed by atoms with Gasteiger partial charge in [0, 0.05) is 24.0 Å². The van der Waals surface area contributed by atoms with E-state index in [1.807, 2.05) is 12.3 Å². The van der Waals surface area contributed by atoms with Crippen molar-refractivity contribution in [2.24, 2.45) is 5.84 Å². The van der Waals surface area contributed by atoms with Crippen LogP contribution in [-0.2, 0) is 6.42 Å². The number of nitrogens with one attached hydrogen (secondary N) is 2. The maximum Gasteiger partial charge on any atom is 0.271 e. The number of aromatic nitrogens is 2. The van der Waals surface area contributed by atoms with Gasteiger partial charge in [-0.15, -0.1) is 11.3 Å². The number of nitrogen functional groups attached to an aromatic ring is 1. The van der Waals surface area contributed by atoms with Gasteiger partial charge in [-0.2, -0.15) is 0 Å². The third-order valence-corrected chi connectivity index (χ3v) is 3.83. The summed E-state index contributed by atoms with van der Waals surface area (Å²) in [5.41, 5.74) is 3.52. The SMILES string of the molecule is Cc1csc(CCNC(=O)c2nc(NN)ccc2Cl)n1. The minimum Gasteiger partial charge on any atom is -0.350 e. The molecule has 6 nitrogen and oxygen atoms in total. The molecule has 0 radical (unpaired) electrons. The number of nitrogens with zero attached hydrogens (tertiary/aromatic N) is 2. The Bertz CT molecular complexity index is 616. The Morgan fingerprint density at radius 3 is 2.90 bits per heavy atom. The number of thiazole rings is 1. The number of nitrogens with two attached hydrogens (primary N) is 1. The van der Waals surface area contributed by atoms with E-state index in [0.29, 0.717) is 18.8 Å². The number of hydrazine groups is 1. The van der Waals surface area contributed by atoms with Crippen molar-refractivity contribution < 1.29 is 4.79 Å². The van der Waals surface area contributed by atoms with Crippen molar-refractivity contribution in [3.8, 4) is 0 Å². The van der Waals surface area contributed by atoms with Crippen LogP contribution in [0.2, 0.25) is 5.02 Å². The Balaban J connectivity index is 1.94. The van der Waals surface area contributed by atoms with Crippen molar-refractivity contribution in [1.82, 2.24) is 15.3 Å². The van der Waals surface area contributed by atoms with Gasteiger partial charge < -0.3 is 10.7 Å². The molecule has 0 aromatic carbocycles. The van der Waals surface area contributed by atoms with Crippen LogP contribution in [0.25, 0.3) is 0 Å². The lowest BCUT2D eigenvalue weighted by Crippen LogP contribution is -2.27. The highest BCUT2D eigenvalue weighted by Crippen LogP contribution is 2.16. The molecular weight excluding hydrogens is 298 g/mol. The minimum absolute atomic E-state index is 0.150. The van der Waals surface area contributed by atoms with Gasteiger partial charge in [0.1, 0.15) is 11.5 Å². The number of hydrogen-bond acceptors (Lipinski definition) is 6. The fraction of sp³-hybridized carbons (Fsp3) is 0.250. The molecule has 2 aromatic heterocycles. The molecule has 0 saturated heterocycles. The van der Waals surface area contributed by atoms with E-state index in [0.717, 1.165) is 10.7 Å². The lowest BCUT2D eigenvalue weighted by atomic mass is 10.3. The predicted molar refractivity (Wildman–Crippen MR) is 79.9 cm³/mol. The van der Waals surface area contributed by atoms with Crippen LogP contribution in [0.1, 0.15) is 21.2 Å². The summed E-state index contributed by atoms with van der Waals surface area (Å²) in [6.45, 7) is 2.41. The van der Waals surface area contributed by atoms with E-state index in [1.54, 1.807) is 23.5 Å². The normalized spacial score (nSPS) is 10.3. The molecule has 0 aliphatic carbocycles. The van der Waals surface area contributed by atoms with Crippen molar-refractivity contribution in [3.05, 3.63) is 38.9 Å². The molecule has 0 aliphatic rings. The standard InChI is InChI=1S/C12H14ClN5OS/c1-7-6-20-10(16-7)4-5-15-12(19)11-8(13)2-3-9(17-11)18-14/h2-3,6H,4-5,14H2,1H3,(H,15,19)(H,17,18). The lowest BCUT2D eigenvalue weighted by molar-refractivity contribution is 0.0949. The zero-order valence-corrected chi connectivity index (χ0v) is 12.4. The first-order chi connectivity index (χ1) is 9.60. The van der Waals surface area contributed by atoms with E-state index >= 15 is 0 Å². The smallest absolute Gasteiger partial charge is 0.271 e. The highest BCUT2D eigenvalue weighted by Gasteiger charge is 2.12. The quantitative estimate of drug-likeness (QED) is 0.578. The van der Waals surface area contributed by atoms with Crippen molar-refractivity contribution >= 4 is 34.7 Å². The highest BCUT2D eigenvalue weighted by atomic mass is 35.5. The molecule has 1 amide bonds. The number of aryl methyl sites for hydroxylation is 1. The maximum absolute atomic E-state index is 12.0. The summed E-state index contributed by atoms with van der Waals surface area (Å²) in [7, 11) is 0. The average molecular weight is 312 g/mol. The van der Waals surface area contributed by atoms with Crippen LogP contribution in [0.3, 0.4) is 0 Å². The lowest BCUT2D eigenvalue weighted by Gasteiger charge is -2.07. The first-order valence-corrected chi connectivity index (χ1v) is 7.18. The summed E-state index contributed by atoms with van der Waals surface area (Å²) >= 11 is 7.52. The first-order valence-electron chi connectivity index (χ1n) is 5.92. The summed E-state index contributed by atoms with van der Waals surface area (Å²) in [6, 6.07) is 3.17. The molecule has 106 valence electrons. The predicted octanol–water partition coefficient (Wildman–Crippen LogP) is 1.76. The third kappa shape index (κ3) is 3.66. The fourth-order valence-electron chi connectivity index (χ4n) is 1.57. The topological polar surface area (TPSA) is 92.9 Å². The molecular formula is C12H14ClN5OS. The molecule has 20 heavy (non-hydrogen) atoms. The number of carbonyl (C=O) groups is 1. The monoisotopic (exact) mass is 311 g/mol. The Morgan fingerprint density at radius 2 is 2.25 bits per heavy atom. The molecule has 0 unspecified atom stereocenters. The maximum atomic E-state index is 12.0. The Hall–Kier alpha value is -1.70. The molecule has 0 bridgehead atoms. The van der Waals surface area contributed by atoms with Crippen LogP contribution in [0.15, 0.2) is 17.5 Å². The largest absolute Gasteiger partial charge is 0.350 e. The summed E-state index contributed by atoms with van der Waals surface area (Å²) in [4.78, 5) is 20.3. The summed E-state index contributed by atoms with van der Waals surface area (Å²) in [5.74, 6) is 5.30. The van der Waals surface area contributed by atoms with E-state index in [1.165, 1.54) is 0 Å². The van der Waals surface area contributed by atoms with Gasteiger partial charge in [0.15, 0.2) is 0 Å². The molecule has 2 aromatic rings. The third-order valence-electron chi connectivity index (χ3n) is 2.50. The van der Waals surface area contributed by atoms with Crippen molar-refractivity contribution in [2.45, 2.75) is 13.3 Å². The molecule has 2 rings (SSSR count). The van der Waals surface area contributed by atoms with Crippen LogP contribution in [-0.4, -0.2) is 22.4 Å². The van der Waals surface area contributed by atoms with Gasteiger partial charge in [-0.1, -0.05) is 11.6 Å². The number of rotatable bonds is 5. The zero-order chi connectivity index (χ0) is 14.5. The van der Waals surface area contributed by atoms with Gasteiger partial charge in [0.25, 0.3) is 5.91 Å². The number of hydrogen-bond donors (Lipinski definition) is 3. The first kappa shape index (κ1) is 14.7. The Kier molecular flexibility index (Phi) is 4.89. The number of pyridine rings is 1. The molecule has 2 heterocycles. The molecule has 0 atom stereocenters. The number of carbonyl (C=O) groups excluding carboxylic acids is 1. The average Bonchev–Trinajstić information content (AvgIpc) is 2.85. The zero-order valence-electron chi connectivity index (χ0n) is 10.8. The van der Waals surface area contributed by atoms with Crippen LogP contribution >= 0.6 is 22.9 Å². The second-order valence-electron chi connectivity index (χ2n) is 4.06. The van der Waals surface area contributed by atoms with E-state index in [2.05, 4.69) is 20.7 Å². The summed E-state index contributed by atoms with van der Waals surface area (Å²) < 4.78 is 0. The summed E-state index contributed by atoms with van der Waals surface area (Å²) in [6.07, 6.45) is 0.677. The van der Waals surface area contributed by atoms with Crippen molar-refractivity contribution in [2.75, 3.05) is 12.0 Å². The fourth-order valence-corrected chi connectivity index (χ4v) is 2.53. The molecule has 8 heteroatoms. The second-order valence-corrected chi connectivity index (χ2v) is 5.41. The van der Waals surface area contributed by atoms with E-state index < -0.39 is 0 Å². The van der Waals surface area contributed by atoms with Crippen molar-refractivity contribution in [1.29, 1.82) is 0 Å². The van der Waals surface area contributed by atoms with E-state index in [9.17, 15) is 4.79 Å². The second kappa shape index (κ2) is 6.65. The molecule has 0 aliphatic heterocycles. The van der Waals surface area contributed by atoms with Gasteiger partial charge in [-0.05, 0) is 19.1 Å². The van der Waals surface area contributed by atoms with Crippen LogP contribution in [0.4, 0.5) is 5.82 Å². The molecule has 0 saturated carbocycles. The molecule has 4 N–H and O–H groups in total. The number of halogens is 1. The van der Waals surface area contributed by atoms with Gasteiger partial charge in [-0.3, -0.25) is 4.79 Å². The highest BCUT2D eigenvalue weighted by molar-refractivity contribution is 7.09. The van der Waals surface area contributed by atoms with Gasteiger partial charge in [0.05, 0.1) is 10.0 Å². The van der Waals surface area contributed by atoms with Gasteiger partial charge >= 0.3 is 0 Å². The van der Waals surface area contributed by atoms with Crippen LogP contribution in [0.5, 0.6) is 0 Å². The molecule has 0 spiro atoms. The van der Waals surface area contributed by atoms with E-state index in [4.69, 9.17) is 17.4 Å². The van der Waals surface area contributed by atoms with E-state index in [-0.39, 0.29) is 16.6 Å². The van der Waals surface area contributed by atoms with Crippen LogP contribution in [0, 0.1) is 6.92 Å².